The van der Waals surface area contributed by atoms with Crippen molar-refractivity contribution in [1.82, 2.24) is 15.2 Å². The number of nitrogens with one attached hydrogen (secondary N) is 2. The molecule has 6 rings (SSSR count). The molecule has 0 aliphatic carbocycles. The molecule has 4 amide bonds. The number of urea groups is 1. The summed E-state index contributed by atoms with van der Waals surface area (Å²) in [6.45, 7) is 6.90. The van der Waals surface area contributed by atoms with Crippen LogP contribution in [-0.2, 0) is 11.2 Å². The highest BCUT2D eigenvalue weighted by atomic mass is 16.2. The summed E-state index contributed by atoms with van der Waals surface area (Å²) in [5.74, 6) is -0.215. The van der Waals surface area contributed by atoms with Gasteiger partial charge in [-0.25, -0.2) is 9.69 Å². The van der Waals surface area contributed by atoms with Crippen molar-refractivity contribution in [3.63, 3.8) is 0 Å². The Balaban J connectivity index is 1.45. The molecule has 4 aromatic rings. The Labute approximate surface area is 234 Å². The van der Waals surface area contributed by atoms with E-state index >= 15 is 0 Å². The lowest BCUT2D eigenvalue weighted by molar-refractivity contribution is -0.120. The number of carbonyl (C=O) groups is 3. The summed E-state index contributed by atoms with van der Waals surface area (Å²) in [6, 6.07) is 21.7. The lowest BCUT2D eigenvalue weighted by atomic mass is 9.88. The van der Waals surface area contributed by atoms with Crippen LogP contribution in [0.2, 0.25) is 0 Å². The highest BCUT2D eigenvalue weighted by Gasteiger charge is 2.53. The number of para-hydroxylation sites is 2. The molecule has 7 nitrogen and oxygen atoms in total. The van der Waals surface area contributed by atoms with E-state index in [0.29, 0.717) is 30.1 Å². The number of H-pyrrole nitrogens is 1. The van der Waals surface area contributed by atoms with Gasteiger partial charge in [-0.3, -0.25) is 14.5 Å². The minimum Gasteiger partial charge on any atom is -0.356 e. The minimum atomic E-state index is -0.676. The van der Waals surface area contributed by atoms with Crippen molar-refractivity contribution in [2.24, 2.45) is 0 Å². The highest BCUT2D eigenvalue weighted by molar-refractivity contribution is 6.24. The first-order valence-electron chi connectivity index (χ1n) is 14.1. The third-order valence-corrected chi connectivity index (χ3v) is 8.17. The van der Waals surface area contributed by atoms with Gasteiger partial charge in [-0.15, -0.1) is 0 Å². The molecule has 40 heavy (non-hydrogen) atoms. The second-order valence-corrected chi connectivity index (χ2v) is 11.0. The quantitative estimate of drug-likeness (QED) is 0.215. The van der Waals surface area contributed by atoms with Crippen molar-refractivity contribution in [3.8, 4) is 0 Å². The maximum absolute atomic E-state index is 14.3. The van der Waals surface area contributed by atoms with E-state index in [-0.39, 0.29) is 11.8 Å². The zero-order valence-corrected chi connectivity index (χ0v) is 23.1. The minimum absolute atomic E-state index is 0.286. The summed E-state index contributed by atoms with van der Waals surface area (Å²) < 4.78 is 0. The number of hydrogen-bond donors (Lipinski definition) is 2. The smallest absolute Gasteiger partial charge is 0.332 e. The maximum atomic E-state index is 14.3. The molecule has 0 spiro atoms. The molecule has 1 fully saturated rings. The Morgan fingerprint density at radius 2 is 1.73 bits per heavy atom. The van der Waals surface area contributed by atoms with Crippen LogP contribution in [0.25, 0.3) is 10.9 Å². The number of carbonyl (C=O) groups excluding carboxylic acids is 3. The molecule has 7 heteroatoms. The second-order valence-electron chi connectivity index (χ2n) is 11.0. The van der Waals surface area contributed by atoms with E-state index in [0.717, 1.165) is 40.6 Å². The van der Waals surface area contributed by atoms with E-state index in [1.807, 2.05) is 18.2 Å². The Bertz CT molecular complexity index is 1600. The van der Waals surface area contributed by atoms with Gasteiger partial charge in [-0.2, -0.15) is 0 Å². The zero-order chi connectivity index (χ0) is 28.0. The normalized spacial score (nSPS) is 18.4. The fraction of sp³-hybridized carbons (Fsp3) is 0.303. The molecule has 1 unspecified atom stereocenters. The number of nitrogens with zero attached hydrogens (tertiary/aromatic N) is 2. The van der Waals surface area contributed by atoms with E-state index < -0.39 is 18.1 Å². The summed E-state index contributed by atoms with van der Waals surface area (Å²) >= 11 is 0. The van der Waals surface area contributed by atoms with Crippen LogP contribution in [0.15, 0.2) is 72.8 Å². The first kappa shape index (κ1) is 25.9. The van der Waals surface area contributed by atoms with Gasteiger partial charge in [-0.1, -0.05) is 81.8 Å². The number of rotatable bonds is 7. The molecule has 3 heterocycles. The Kier molecular flexibility index (Phi) is 6.66. The topological polar surface area (TPSA) is 85.5 Å². The van der Waals surface area contributed by atoms with Gasteiger partial charge >= 0.3 is 6.03 Å². The predicted octanol–water partition coefficient (Wildman–Crippen LogP) is 6.30. The number of imide groups is 1. The number of fused-ring (bicyclic) bond motifs is 4. The first-order valence-corrected chi connectivity index (χ1v) is 14.1. The maximum Gasteiger partial charge on any atom is 0.332 e. The average Bonchev–Trinajstić information content (AvgIpc) is 3.46. The van der Waals surface area contributed by atoms with Crippen LogP contribution in [0.4, 0.5) is 10.5 Å². The predicted molar refractivity (Wildman–Crippen MR) is 157 cm³/mol. The molecule has 3 aromatic carbocycles. The summed E-state index contributed by atoms with van der Waals surface area (Å²) in [5, 5.41) is 3.99. The lowest BCUT2D eigenvalue weighted by Gasteiger charge is -2.36. The van der Waals surface area contributed by atoms with Gasteiger partial charge in [0, 0.05) is 29.6 Å². The summed E-state index contributed by atoms with van der Waals surface area (Å²) in [6.07, 6.45) is 2.22. The van der Waals surface area contributed by atoms with Gasteiger partial charge in [0.1, 0.15) is 12.1 Å². The number of anilines is 1. The van der Waals surface area contributed by atoms with Crippen LogP contribution >= 0.6 is 0 Å². The molecule has 2 aliphatic rings. The summed E-state index contributed by atoms with van der Waals surface area (Å²) in [5.41, 5.74) is 5.78. The molecule has 1 aromatic heterocycles. The van der Waals surface area contributed by atoms with Crippen molar-refractivity contribution in [1.29, 1.82) is 0 Å². The molecule has 2 aliphatic heterocycles. The van der Waals surface area contributed by atoms with Gasteiger partial charge in [0.05, 0.1) is 11.3 Å². The van der Waals surface area contributed by atoms with E-state index in [1.54, 1.807) is 29.2 Å². The van der Waals surface area contributed by atoms with Gasteiger partial charge in [0.2, 0.25) is 0 Å². The molecular formula is C33H34N4O3. The molecule has 204 valence electrons. The van der Waals surface area contributed by atoms with Crippen LogP contribution in [0.3, 0.4) is 0 Å². The van der Waals surface area contributed by atoms with Crippen molar-refractivity contribution >= 4 is 34.4 Å². The average molecular weight is 535 g/mol. The third-order valence-electron chi connectivity index (χ3n) is 8.17. The van der Waals surface area contributed by atoms with E-state index in [2.05, 4.69) is 61.4 Å². The Hall–Kier alpha value is -4.39. The fourth-order valence-electron chi connectivity index (χ4n) is 6.04. The van der Waals surface area contributed by atoms with Crippen molar-refractivity contribution in [3.05, 3.63) is 101 Å². The molecule has 2 N–H and O–H groups in total. The van der Waals surface area contributed by atoms with Gasteiger partial charge in [0.25, 0.3) is 11.8 Å². The number of hydrogen-bond acceptors (Lipinski definition) is 3. The second kappa shape index (κ2) is 10.3. The molecule has 1 saturated heterocycles. The Morgan fingerprint density at radius 3 is 2.48 bits per heavy atom. The number of aromatic amines is 1. The monoisotopic (exact) mass is 534 g/mol. The number of amides is 4. The van der Waals surface area contributed by atoms with Crippen LogP contribution in [0.5, 0.6) is 0 Å². The summed E-state index contributed by atoms with van der Waals surface area (Å²) in [4.78, 5) is 47.9. The number of benzene rings is 3. The number of unbranched alkanes of at least 4 members (excludes halogenated alkanes) is 1. The Morgan fingerprint density at radius 1 is 1.00 bits per heavy atom. The third kappa shape index (κ3) is 4.17. The lowest BCUT2D eigenvalue weighted by Crippen LogP contribution is -2.44. The largest absolute Gasteiger partial charge is 0.356 e. The van der Waals surface area contributed by atoms with Crippen molar-refractivity contribution < 1.29 is 14.4 Å². The molecule has 0 saturated carbocycles. The standard InChI is InChI=1S/C33H34N4O3/c1-4-5-18-34-31(38)24-11-7-9-13-27(24)37-32(39)28-19-25-23-10-6-8-12-26(23)35-29(25)30(36(28)33(37)40)22-16-14-21(15-17-22)20(2)3/h6-17,20,28,30,35H,4-5,18-19H2,1-3H3,(H,34,38)/t28-,30?/m0/s1. The van der Waals surface area contributed by atoms with Crippen molar-refractivity contribution in [2.45, 2.75) is 58.0 Å². The van der Waals surface area contributed by atoms with Gasteiger partial charge < -0.3 is 10.3 Å². The molecular weight excluding hydrogens is 500 g/mol. The van der Waals surface area contributed by atoms with Gasteiger partial charge in [0.15, 0.2) is 0 Å². The fourth-order valence-corrected chi connectivity index (χ4v) is 6.04. The summed E-state index contributed by atoms with van der Waals surface area (Å²) in [7, 11) is 0. The van der Waals surface area contributed by atoms with Crippen LogP contribution in [0.1, 0.15) is 78.3 Å². The van der Waals surface area contributed by atoms with Crippen LogP contribution < -0.4 is 10.2 Å². The molecule has 2 atom stereocenters. The van der Waals surface area contributed by atoms with E-state index in [4.69, 9.17) is 0 Å². The van der Waals surface area contributed by atoms with Gasteiger partial charge in [-0.05, 0) is 47.2 Å². The molecule has 0 bridgehead atoms. The first-order chi connectivity index (χ1) is 19.4. The SMILES string of the molecule is CCCCNC(=O)c1ccccc1N1C(=O)[C@@H]2Cc3c([nH]c4ccccc34)C(c3ccc(C(C)C)cc3)N2C1=O. The van der Waals surface area contributed by atoms with E-state index in [1.165, 1.54) is 10.5 Å². The molecule has 0 radical (unpaired) electrons. The highest BCUT2D eigenvalue weighted by Crippen LogP contribution is 2.45. The number of aromatic nitrogens is 1. The zero-order valence-electron chi connectivity index (χ0n) is 23.1. The van der Waals surface area contributed by atoms with E-state index in [9.17, 15) is 14.4 Å². The van der Waals surface area contributed by atoms with Crippen molar-refractivity contribution in [2.75, 3.05) is 11.4 Å². The van der Waals surface area contributed by atoms with Crippen LogP contribution in [-0.4, -0.2) is 40.3 Å². The van der Waals surface area contributed by atoms with Crippen LogP contribution in [0, 0.1) is 0 Å².